The molecule has 0 aliphatic carbocycles. The van der Waals surface area contributed by atoms with Crippen LogP contribution in [0, 0.1) is 0 Å². The minimum Gasteiger partial charge on any atom is -0.490 e. The van der Waals surface area contributed by atoms with Gasteiger partial charge in [0.05, 0.1) is 26.4 Å². The first kappa shape index (κ1) is 17.3. The monoisotopic (exact) mass is 298 g/mol. The van der Waals surface area contributed by atoms with E-state index in [1.54, 1.807) is 19.2 Å². The summed E-state index contributed by atoms with van der Waals surface area (Å²) in [5.41, 5.74) is 0.0984. The molecule has 0 heterocycles. The Morgan fingerprint density at radius 2 is 1.95 bits per heavy atom. The van der Waals surface area contributed by atoms with E-state index in [2.05, 4.69) is 0 Å². The minimum absolute atomic E-state index is 0.0984. The van der Waals surface area contributed by atoms with Gasteiger partial charge < -0.3 is 24.1 Å². The second-order valence-electron chi connectivity index (χ2n) is 4.18. The standard InChI is InChI=1S/C15H22O6/c1-3-20-13-7-4-6-12(15(16)17)14(13)21-9-5-8-19-11-10-18-2/h4,6-7H,3,5,8-11H2,1-2H3,(H,16,17). The molecule has 1 aromatic carbocycles. The number of hydrogen-bond acceptors (Lipinski definition) is 5. The Balaban J connectivity index is 2.53. The fraction of sp³-hybridized carbons (Fsp3) is 0.533. The summed E-state index contributed by atoms with van der Waals surface area (Å²) in [5.74, 6) is -0.329. The van der Waals surface area contributed by atoms with Crippen LogP contribution >= 0.6 is 0 Å². The lowest BCUT2D eigenvalue weighted by molar-refractivity contribution is 0.0635. The van der Waals surface area contributed by atoms with Crippen LogP contribution in [0.25, 0.3) is 0 Å². The van der Waals surface area contributed by atoms with E-state index in [1.807, 2.05) is 6.92 Å². The second kappa shape index (κ2) is 10.0. The third-order valence-electron chi connectivity index (χ3n) is 2.62. The predicted molar refractivity (Wildman–Crippen MR) is 77.4 cm³/mol. The first-order valence-corrected chi connectivity index (χ1v) is 6.89. The fourth-order valence-corrected chi connectivity index (χ4v) is 1.68. The zero-order valence-corrected chi connectivity index (χ0v) is 12.5. The summed E-state index contributed by atoms with van der Waals surface area (Å²) in [4.78, 5) is 11.2. The van der Waals surface area contributed by atoms with E-state index >= 15 is 0 Å². The molecule has 1 N–H and O–H groups in total. The summed E-state index contributed by atoms with van der Waals surface area (Å²) in [6.45, 7) is 4.25. The number of ether oxygens (including phenoxy) is 4. The molecule has 0 spiro atoms. The largest absolute Gasteiger partial charge is 0.490 e. The fourth-order valence-electron chi connectivity index (χ4n) is 1.68. The van der Waals surface area contributed by atoms with Crippen LogP contribution in [0.2, 0.25) is 0 Å². The molecule has 6 heteroatoms. The Hall–Kier alpha value is -1.79. The van der Waals surface area contributed by atoms with E-state index in [0.29, 0.717) is 45.2 Å². The molecule has 0 aromatic heterocycles. The first-order chi connectivity index (χ1) is 10.2. The summed E-state index contributed by atoms with van der Waals surface area (Å²) in [5, 5.41) is 9.18. The summed E-state index contributed by atoms with van der Waals surface area (Å²) < 4.78 is 21.2. The lowest BCUT2D eigenvalue weighted by atomic mass is 10.2. The van der Waals surface area contributed by atoms with Gasteiger partial charge in [-0.15, -0.1) is 0 Å². The summed E-state index contributed by atoms with van der Waals surface area (Å²) in [6.07, 6.45) is 0.656. The highest BCUT2D eigenvalue weighted by atomic mass is 16.5. The Morgan fingerprint density at radius 3 is 2.62 bits per heavy atom. The molecule has 0 radical (unpaired) electrons. The molecule has 0 fully saturated rings. The number of benzene rings is 1. The summed E-state index contributed by atoms with van der Waals surface area (Å²) in [6, 6.07) is 4.82. The Kier molecular flexibility index (Phi) is 8.23. The number of methoxy groups -OCH3 is 1. The maximum Gasteiger partial charge on any atom is 0.339 e. The molecule has 0 aliphatic heterocycles. The zero-order valence-electron chi connectivity index (χ0n) is 12.5. The van der Waals surface area contributed by atoms with Gasteiger partial charge in [-0.1, -0.05) is 6.07 Å². The van der Waals surface area contributed by atoms with E-state index in [9.17, 15) is 9.90 Å². The van der Waals surface area contributed by atoms with Gasteiger partial charge in [0, 0.05) is 20.1 Å². The van der Waals surface area contributed by atoms with Gasteiger partial charge in [-0.05, 0) is 19.1 Å². The molecule has 0 amide bonds. The third-order valence-corrected chi connectivity index (χ3v) is 2.62. The summed E-state index contributed by atoms with van der Waals surface area (Å²) in [7, 11) is 1.62. The number of para-hydroxylation sites is 1. The molecular weight excluding hydrogens is 276 g/mol. The molecular formula is C15H22O6. The quantitative estimate of drug-likeness (QED) is 0.631. The average Bonchev–Trinajstić information content (AvgIpc) is 2.47. The van der Waals surface area contributed by atoms with Crippen molar-refractivity contribution in [2.24, 2.45) is 0 Å². The number of hydrogen-bond donors (Lipinski definition) is 1. The van der Waals surface area contributed by atoms with E-state index in [4.69, 9.17) is 18.9 Å². The molecule has 0 unspecified atom stereocenters. The van der Waals surface area contributed by atoms with Gasteiger partial charge in [0.2, 0.25) is 0 Å². The van der Waals surface area contributed by atoms with Crippen molar-refractivity contribution in [1.29, 1.82) is 0 Å². The SMILES string of the molecule is CCOc1cccc(C(=O)O)c1OCCCOCCOC. The Bertz CT molecular complexity index is 432. The average molecular weight is 298 g/mol. The second-order valence-corrected chi connectivity index (χ2v) is 4.18. The lowest BCUT2D eigenvalue weighted by Gasteiger charge is -2.14. The van der Waals surface area contributed by atoms with Crippen molar-refractivity contribution in [3.63, 3.8) is 0 Å². The number of carboxylic acids is 1. The number of rotatable bonds is 11. The first-order valence-electron chi connectivity index (χ1n) is 6.89. The van der Waals surface area contributed by atoms with Gasteiger partial charge in [-0.25, -0.2) is 4.79 Å². The van der Waals surface area contributed by atoms with Crippen molar-refractivity contribution in [3.8, 4) is 11.5 Å². The van der Waals surface area contributed by atoms with Crippen molar-refractivity contribution in [2.75, 3.05) is 40.1 Å². The number of carbonyl (C=O) groups is 1. The molecule has 118 valence electrons. The Labute approximate surface area is 124 Å². The van der Waals surface area contributed by atoms with Gasteiger partial charge in [-0.3, -0.25) is 0 Å². The molecule has 0 saturated carbocycles. The third kappa shape index (κ3) is 6.01. The minimum atomic E-state index is -1.04. The molecule has 0 aliphatic rings. The van der Waals surface area contributed by atoms with Crippen LogP contribution in [-0.2, 0) is 9.47 Å². The molecule has 21 heavy (non-hydrogen) atoms. The van der Waals surface area contributed by atoms with Crippen LogP contribution in [-0.4, -0.2) is 51.2 Å². The van der Waals surface area contributed by atoms with Crippen LogP contribution in [0.15, 0.2) is 18.2 Å². The highest BCUT2D eigenvalue weighted by Gasteiger charge is 2.16. The van der Waals surface area contributed by atoms with E-state index < -0.39 is 5.97 Å². The molecule has 1 aromatic rings. The van der Waals surface area contributed by atoms with Crippen molar-refractivity contribution < 1.29 is 28.8 Å². The topological polar surface area (TPSA) is 74.2 Å². The van der Waals surface area contributed by atoms with Gasteiger partial charge in [-0.2, -0.15) is 0 Å². The van der Waals surface area contributed by atoms with E-state index in [0.717, 1.165) is 0 Å². The molecule has 0 atom stereocenters. The summed E-state index contributed by atoms with van der Waals surface area (Å²) >= 11 is 0. The van der Waals surface area contributed by atoms with E-state index in [1.165, 1.54) is 6.07 Å². The van der Waals surface area contributed by atoms with Gasteiger partial charge in [0.1, 0.15) is 5.56 Å². The van der Waals surface area contributed by atoms with Crippen LogP contribution in [0.1, 0.15) is 23.7 Å². The maximum absolute atomic E-state index is 11.2. The highest BCUT2D eigenvalue weighted by Crippen LogP contribution is 2.31. The number of aromatic carboxylic acids is 1. The van der Waals surface area contributed by atoms with Crippen LogP contribution < -0.4 is 9.47 Å². The Morgan fingerprint density at radius 1 is 1.14 bits per heavy atom. The van der Waals surface area contributed by atoms with Gasteiger partial charge >= 0.3 is 5.97 Å². The van der Waals surface area contributed by atoms with Crippen LogP contribution in [0.3, 0.4) is 0 Å². The van der Waals surface area contributed by atoms with Gasteiger partial charge in [0.15, 0.2) is 11.5 Å². The van der Waals surface area contributed by atoms with Crippen molar-refractivity contribution in [1.82, 2.24) is 0 Å². The van der Waals surface area contributed by atoms with Crippen molar-refractivity contribution in [3.05, 3.63) is 23.8 Å². The normalized spacial score (nSPS) is 10.4. The van der Waals surface area contributed by atoms with E-state index in [-0.39, 0.29) is 11.3 Å². The highest BCUT2D eigenvalue weighted by molar-refractivity contribution is 5.92. The maximum atomic E-state index is 11.2. The van der Waals surface area contributed by atoms with Crippen molar-refractivity contribution >= 4 is 5.97 Å². The predicted octanol–water partition coefficient (Wildman–Crippen LogP) is 2.22. The molecule has 6 nitrogen and oxygen atoms in total. The molecule has 1 rings (SSSR count). The number of carboxylic acid groups (broad SMARTS) is 1. The smallest absolute Gasteiger partial charge is 0.339 e. The van der Waals surface area contributed by atoms with Crippen molar-refractivity contribution in [2.45, 2.75) is 13.3 Å². The van der Waals surface area contributed by atoms with Gasteiger partial charge in [0.25, 0.3) is 0 Å². The molecule has 0 saturated heterocycles. The zero-order chi connectivity index (χ0) is 15.5. The lowest BCUT2D eigenvalue weighted by Crippen LogP contribution is -2.10. The molecule has 0 bridgehead atoms. The van der Waals surface area contributed by atoms with Crippen LogP contribution in [0.5, 0.6) is 11.5 Å². The van der Waals surface area contributed by atoms with Crippen LogP contribution in [0.4, 0.5) is 0 Å².